The molecule has 2 aromatic carbocycles. The molecule has 2 heterocycles. The molecular weight excluding hydrogens is 359 g/mol. The first-order chi connectivity index (χ1) is 13.4. The molecule has 6 nitrogen and oxygen atoms in total. The Labute approximate surface area is 161 Å². The Morgan fingerprint density at radius 1 is 1.18 bits per heavy atom. The SMILES string of the molecule is Cc1ccc(-n2nc(C)cc2NC(=O)C2CC(=O)Nc3cc(F)ccc32)cc1. The van der Waals surface area contributed by atoms with E-state index >= 15 is 0 Å². The van der Waals surface area contributed by atoms with Gasteiger partial charge in [-0.05, 0) is 43.7 Å². The summed E-state index contributed by atoms with van der Waals surface area (Å²) < 4.78 is 15.2. The number of halogens is 1. The lowest BCUT2D eigenvalue weighted by molar-refractivity contribution is -0.123. The van der Waals surface area contributed by atoms with Crippen LogP contribution in [0.5, 0.6) is 0 Å². The number of aryl methyl sites for hydroxylation is 2. The van der Waals surface area contributed by atoms with E-state index in [1.54, 1.807) is 10.7 Å². The van der Waals surface area contributed by atoms with Crippen molar-refractivity contribution >= 4 is 23.3 Å². The Morgan fingerprint density at radius 3 is 2.68 bits per heavy atom. The number of hydrogen-bond acceptors (Lipinski definition) is 3. The summed E-state index contributed by atoms with van der Waals surface area (Å²) in [6, 6.07) is 13.6. The van der Waals surface area contributed by atoms with Crippen molar-refractivity contribution in [2.45, 2.75) is 26.2 Å². The van der Waals surface area contributed by atoms with Crippen LogP contribution in [0.3, 0.4) is 0 Å². The van der Waals surface area contributed by atoms with E-state index in [-0.39, 0.29) is 18.2 Å². The van der Waals surface area contributed by atoms with Crippen LogP contribution in [0.2, 0.25) is 0 Å². The molecule has 28 heavy (non-hydrogen) atoms. The molecule has 4 rings (SSSR count). The second-order valence-corrected chi connectivity index (χ2v) is 6.94. The molecule has 2 N–H and O–H groups in total. The summed E-state index contributed by atoms with van der Waals surface area (Å²) >= 11 is 0. The van der Waals surface area contributed by atoms with Crippen LogP contribution in [0.15, 0.2) is 48.5 Å². The van der Waals surface area contributed by atoms with Gasteiger partial charge in [-0.1, -0.05) is 23.8 Å². The fourth-order valence-electron chi connectivity index (χ4n) is 3.36. The van der Waals surface area contributed by atoms with Crippen molar-refractivity contribution in [3.63, 3.8) is 0 Å². The molecule has 0 bridgehead atoms. The quantitative estimate of drug-likeness (QED) is 0.730. The third-order valence-corrected chi connectivity index (χ3v) is 4.73. The molecule has 1 atom stereocenters. The zero-order valence-electron chi connectivity index (χ0n) is 15.5. The molecule has 3 aromatic rings. The Kier molecular flexibility index (Phi) is 4.43. The highest BCUT2D eigenvalue weighted by molar-refractivity contribution is 6.04. The average Bonchev–Trinajstić information content (AvgIpc) is 3.01. The van der Waals surface area contributed by atoms with Crippen molar-refractivity contribution in [3.05, 3.63) is 71.2 Å². The highest BCUT2D eigenvalue weighted by Crippen LogP contribution is 2.33. The van der Waals surface area contributed by atoms with Crippen molar-refractivity contribution in [1.29, 1.82) is 0 Å². The van der Waals surface area contributed by atoms with Gasteiger partial charge in [0.15, 0.2) is 0 Å². The molecular formula is C21H19FN4O2. The van der Waals surface area contributed by atoms with E-state index in [4.69, 9.17) is 0 Å². The standard InChI is InChI=1S/C21H19FN4O2/c1-12-3-6-15(7-4-12)26-19(9-13(2)25-26)24-21(28)17-11-20(27)23-18-10-14(22)5-8-16(17)18/h3-10,17H,11H2,1-2H3,(H,23,27)(H,24,28). The van der Waals surface area contributed by atoms with Crippen molar-refractivity contribution in [2.75, 3.05) is 10.6 Å². The van der Waals surface area contributed by atoms with Gasteiger partial charge in [0.05, 0.1) is 17.3 Å². The summed E-state index contributed by atoms with van der Waals surface area (Å²) in [5.74, 6) is -1.31. The smallest absolute Gasteiger partial charge is 0.233 e. The van der Waals surface area contributed by atoms with Gasteiger partial charge in [-0.2, -0.15) is 5.10 Å². The normalized spacial score (nSPS) is 15.7. The number of carbonyl (C=O) groups is 2. The molecule has 0 spiro atoms. The van der Waals surface area contributed by atoms with E-state index in [0.29, 0.717) is 17.1 Å². The summed E-state index contributed by atoms with van der Waals surface area (Å²) in [5, 5.41) is 9.95. The molecule has 1 aliphatic rings. The van der Waals surface area contributed by atoms with Gasteiger partial charge in [0.25, 0.3) is 0 Å². The van der Waals surface area contributed by atoms with Gasteiger partial charge in [-0.15, -0.1) is 0 Å². The fraction of sp³-hybridized carbons (Fsp3) is 0.190. The van der Waals surface area contributed by atoms with Crippen LogP contribution in [0, 0.1) is 19.7 Å². The monoisotopic (exact) mass is 378 g/mol. The van der Waals surface area contributed by atoms with Crippen LogP contribution >= 0.6 is 0 Å². The maximum atomic E-state index is 13.5. The number of nitrogens with zero attached hydrogens (tertiary/aromatic N) is 2. The highest BCUT2D eigenvalue weighted by atomic mass is 19.1. The molecule has 0 radical (unpaired) electrons. The number of anilines is 2. The largest absolute Gasteiger partial charge is 0.326 e. The van der Waals surface area contributed by atoms with Gasteiger partial charge < -0.3 is 10.6 Å². The van der Waals surface area contributed by atoms with E-state index in [1.165, 1.54) is 18.2 Å². The Hall–Kier alpha value is -3.48. The predicted octanol–water partition coefficient (Wildman–Crippen LogP) is 3.69. The summed E-state index contributed by atoms with van der Waals surface area (Å²) in [6.45, 7) is 3.84. The van der Waals surface area contributed by atoms with Crippen LogP contribution < -0.4 is 10.6 Å². The van der Waals surface area contributed by atoms with Gasteiger partial charge in [0, 0.05) is 18.2 Å². The predicted molar refractivity (Wildman–Crippen MR) is 104 cm³/mol. The lowest BCUT2D eigenvalue weighted by atomic mass is 9.89. The molecule has 0 saturated heterocycles. The van der Waals surface area contributed by atoms with Crippen LogP contribution in [0.1, 0.15) is 29.2 Å². The Morgan fingerprint density at radius 2 is 1.93 bits per heavy atom. The maximum Gasteiger partial charge on any atom is 0.233 e. The van der Waals surface area contributed by atoms with Crippen LogP contribution in [0.25, 0.3) is 5.69 Å². The van der Waals surface area contributed by atoms with E-state index in [1.807, 2.05) is 38.1 Å². The van der Waals surface area contributed by atoms with Crippen LogP contribution in [0.4, 0.5) is 15.9 Å². The fourth-order valence-corrected chi connectivity index (χ4v) is 3.36. The third-order valence-electron chi connectivity index (χ3n) is 4.73. The number of rotatable bonds is 3. The average molecular weight is 378 g/mol. The number of hydrogen-bond donors (Lipinski definition) is 2. The van der Waals surface area contributed by atoms with E-state index in [0.717, 1.165) is 16.9 Å². The molecule has 0 fully saturated rings. The lowest BCUT2D eigenvalue weighted by Crippen LogP contribution is -2.31. The summed E-state index contributed by atoms with van der Waals surface area (Å²) in [7, 11) is 0. The number of amides is 2. The number of fused-ring (bicyclic) bond motifs is 1. The van der Waals surface area contributed by atoms with Gasteiger partial charge in [-0.25, -0.2) is 9.07 Å². The number of benzene rings is 2. The molecule has 2 amide bonds. The zero-order chi connectivity index (χ0) is 19.8. The second kappa shape index (κ2) is 6.92. The number of carbonyl (C=O) groups excluding carboxylic acids is 2. The van der Waals surface area contributed by atoms with Gasteiger partial charge >= 0.3 is 0 Å². The summed E-state index contributed by atoms with van der Waals surface area (Å²) in [6.07, 6.45) is 0.00210. The number of nitrogens with one attached hydrogen (secondary N) is 2. The molecule has 142 valence electrons. The van der Waals surface area contributed by atoms with Crippen molar-refractivity contribution in [1.82, 2.24) is 9.78 Å². The minimum Gasteiger partial charge on any atom is -0.326 e. The highest BCUT2D eigenvalue weighted by Gasteiger charge is 2.31. The molecule has 7 heteroatoms. The Bertz CT molecular complexity index is 1070. The van der Waals surface area contributed by atoms with Crippen molar-refractivity contribution < 1.29 is 14.0 Å². The van der Waals surface area contributed by atoms with Gasteiger partial charge in [0.2, 0.25) is 11.8 Å². The molecule has 1 aromatic heterocycles. The summed E-state index contributed by atoms with van der Waals surface area (Å²) in [5.41, 5.74) is 3.61. The maximum absolute atomic E-state index is 13.5. The molecule has 0 saturated carbocycles. The van der Waals surface area contributed by atoms with Crippen molar-refractivity contribution in [3.8, 4) is 5.69 Å². The zero-order valence-corrected chi connectivity index (χ0v) is 15.5. The minimum atomic E-state index is -0.703. The van der Waals surface area contributed by atoms with Crippen molar-refractivity contribution in [2.24, 2.45) is 0 Å². The van der Waals surface area contributed by atoms with E-state index in [9.17, 15) is 14.0 Å². The topological polar surface area (TPSA) is 76.0 Å². The first kappa shape index (κ1) is 17.9. The van der Waals surface area contributed by atoms with Gasteiger partial charge in [0.1, 0.15) is 11.6 Å². The number of aromatic nitrogens is 2. The molecule has 0 aliphatic carbocycles. The van der Waals surface area contributed by atoms with Crippen LogP contribution in [-0.2, 0) is 9.59 Å². The Balaban J connectivity index is 1.65. The van der Waals surface area contributed by atoms with Gasteiger partial charge in [-0.3, -0.25) is 9.59 Å². The minimum absolute atomic E-state index is 0.00210. The second-order valence-electron chi connectivity index (χ2n) is 6.94. The van der Waals surface area contributed by atoms with Crippen LogP contribution in [-0.4, -0.2) is 21.6 Å². The third kappa shape index (κ3) is 3.38. The molecule has 1 unspecified atom stereocenters. The lowest BCUT2D eigenvalue weighted by Gasteiger charge is -2.25. The van der Waals surface area contributed by atoms with E-state index in [2.05, 4.69) is 15.7 Å². The molecule has 1 aliphatic heterocycles. The first-order valence-electron chi connectivity index (χ1n) is 8.94. The van der Waals surface area contributed by atoms with E-state index < -0.39 is 11.7 Å². The first-order valence-corrected chi connectivity index (χ1v) is 8.94. The summed E-state index contributed by atoms with van der Waals surface area (Å²) in [4.78, 5) is 25.0.